The van der Waals surface area contributed by atoms with Gasteiger partial charge in [-0.05, 0) is 27.7 Å². The van der Waals surface area contributed by atoms with Gasteiger partial charge in [-0.25, -0.2) is 0 Å². The van der Waals surface area contributed by atoms with Crippen LogP contribution in [0.15, 0.2) is 24.3 Å². The van der Waals surface area contributed by atoms with Crippen molar-refractivity contribution < 1.29 is 9.59 Å². The van der Waals surface area contributed by atoms with Crippen LogP contribution in [-0.2, 0) is 9.59 Å². The Bertz CT molecular complexity index is 758. The van der Waals surface area contributed by atoms with Crippen LogP contribution in [-0.4, -0.2) is 33.9 Å². The Labute approximate surface area is 156 Å². The summed E-state index contributed by atoms with van der Waals surface area (Å²) in [7, 11) is 0. The van der Waals surface area contributed by atoms with Crippen molar-refractivity contribution in [2.45, 2.75) is 33.7 Å². The molecule has 0 saturated carbocycles. The predicted molar refractivity (Wildman–Crippen MR) is 101 cm³/mol. The summed E-state index contributed by atoms with van der Waals surface area (Å²) in [4.78, 5) is 24.3. The number of aromatic nitrogens is 2. The first kappa shape index (κ1) is 19.3. The van der Waals surface area contributed by atoms with Crippen LogP contribution in [0.3, 0.4) is 0 Å². The molecule has 134 valence electrons. The van der Waals surface area contributed by atoms with E-state index in [-0.39, 0.29) is 17.7 Å². The molecule has 8 heteroatoms. The third kappa shape index (κ3) is 4.99. The number of carbonyl (C=O) groups is 2. The number of anilines is 1. The number of nitrogens with one attached hydrogen (secondary N) is 2. The van der Waals surface area contributed by atoms with Crippen molar-refractivity contribution in [2.75, 3.05) is 11.2 Å². The van der Waals surface area contributed by atoms with Crippen LogP contribution >= 0.6 is 22.9 Å². The monoisotopic (exact) mass is 380 g/mol. The van der Waals surface area contributed by atoms with Crippen LogP contribution < -0.4 is 10.6 Å². The number of aryl methyl sites for hydroxylation is 1. The quantitative estimate of drug-likeness (QED) is 0.753. The molecule has 2 aromatic rings. The normalized spacial score (nSPS) is 12.5. The number of rotatable bonds is 6. The minimum Gasteiger partial charge on any atom is -0.344 e. The zero-order valence-corrected chi connectivity index (χ0v) is 16.2. The van der Waals surface area contributed by atoms with Crippen LogP contribution in [0.5, 0.6) is 0 Å². The highest BCUT2D eigenvalue weighted by Crippen LogP contribution is 2.26. The Morgan fingerprint density at radius 2 is 1.88 bits per heavy atom. The summed E-state index contributed by atoms with van der Waals surface area (Å²) < 4.78 is 0. The van der Waals surface area contributed by atoms with Gasteiger partial charge < -0.3 is 5.32 Å². The Morgan fingerprint density at radius 3 is 2.48 bits per heavy atom. The van der Waals surface area contributed by atoms with E-state index < -0.39 is 11.5 Å². The van der Waals surface area contributed by atoms with Gasteiger partial charge in [0, 0.05) is 11.4 Å². The molecule has 0 aliphatic rings. The zero-order valence-electron chi connectivity index (χ0n) is 14.6. The number of amides is 2. The van der Waals surface area contributed by atoms with E-state index in [4.69, 9.17) is 11.6 Å². The van der Waals surface area contributed by atoms with E-state index in [1.165, 1.54) is 11.3 Å². The number of alkyl halides is 1. The maximum absolute atomic E-state index is 12.2. The van der Waals surface area contributed by atoms with Gasteiger partial charge in [0.25, 0.3) is 0 Å². The van der Waals surface area contributed by atoms with Crippen molar-refractivity contribution in [3.63, 3.8) is 0 Å². The van der Waals surface area contributed by atoms with Gasteiger partial charge in [0.15, 0.2) is 0 Å². The minimum atomic E-state index is -0.739. The molecule has 0 radical (unpaired) electrons. The summed E-state index contributed by atoms with van der Waals surface area (Å²) >= 11 is 7.05. The molecular weight excluding hydrogens is 360 g/mol. The van der Waals surface area contributed by atoms with E-state index in [1.54, 1.807) is 20.8 Å². The Kier molecular flexibility index (Phi) is 6.13. The van der Waals surface area contributed by atoms with Crippen LogP contribution in [0.25, 0.3) is 10.6 Å². The highest BCUT2D eigenvalue weighted by molar-refractivity contribution is 7.18. The fraction of sp³-hybridized carbons (Fsp3) is 0.412. The summed E-state index contributed by atoms with van der Waals surface area (Å²) in [5, 5.41) is 14.5. The summed E-state index contributed by atoms with van der Waals surface area (Å²) in [6, 6.07) is 7.19. The summed E-state index contributed by atoms with van der Waals surface area (Å²) in [5.41, 5.74) is 1.36. The van der Waals surface area contributed by atoms with Gasteiger partial charge in [0.2, 0.25) is 16.9 Å². The van der Waals surface area contributed by atoms with E-state index in [9.17, 15) is 9.59 Å². The van der Waals surface area contributed by atoms with Crippen molar-refractivity contribution in [3.8, 4) is 10.6 Å². The molecule has 1 atom stereocenters. The van der Waals surface area contributed by atoms with Gasteiger partial charge >= 0.3 is 0 Å². The van der Waals surface area contributed by atoms with Crippen LogP contribution in [0.2, 0.25) is 0 Å². The van der Waals surface area contributed by atoms with E-state index in [2.05, 4.69) is 20.8 Å². The van der Waals surface area contributed by atoms with Crippen LogP contribution in [0.4, 0.5) is 5.13 Å². The Morgan fingerprint density at radius 1 is 1.24 bits per heavy atom. The molecule has 1 aromatic heterocycles. The molecule has 0 saturated heterocycles. The summed E-state index contributed by atoms with van der Waals surface area (Å²) in [6.07, 6.45) is 0. The lowest BCUT2D eigenvalue weighted by atomic mass is 9.95. The average Bonchev–Trinajstić information content (AvgIpc) is 3.03. The van der Waals surface area contributed by atoms with Gasteiger partial charge in [0.05, 0.1) is 5.41 Å². The van der Waals surface area contributed by atoms with Gasteiger partial charge in [0.1, 0.15) is 11.0 Å². The van der Waals surface area contributed by atoms with Gasteiger partial charge in [-0.1, -0.05) is 41.2 Å². The van der Waals surface area contributed by atoms with E-state index in [1.807, 2.05) is 31.2 Å². The highest BCUT2D eigenvalue weighted by Gasteiger charge is 2.29. The molecule has 0 aliphatic carbocycles. The first-order chi connectivity index (χ1) is 11.7. The molecule has 1 aromatic carbocycles. The maximum Gasteiger partial charge on any atom is 0.248 e. The SMILES string of the molecule is Cc1ccc(-c2nnc(NC(=O)C(C)NC(=O)C(C)(C)CCl)s2)cc1. The zero-order chi connectivity index (χ0) is 18.6. The number of carbonyl (C=O) groups excluding carboxylic acids is 2. The molecule has 0 bridgehead atoms. The summed E-state index contributed by atoms with van der Waals surface area (Å²) in [6.45, 7) is 7.06. The van der Waals surface area contributed by atoms with Crippen molar-refractivity contribution in [2.24, 2.45) is 5.41 Å². The number of hydrogen-bond acceptors (Lipinski definition) is 5. The largest absolute Gasteiger partial charge is 0.344 e. The maximum atomic E-state index is 12.2. The van der Waals surface area contributed by atoms with Crippen molar-refractivity contribution >= 4 is 39.9 Å². The van der Waals surface area contributed by atoms with Crippen LogP contribution in [0, 0.1) is 12.3 Å². The Balaban J connectivity index is 1.99. The number of halogens is 1. The topological polar surface area (TPSA) is 84.0 Å². The van der Waals surface area contributed by atoms with Crippen LogP contribution in [0.1, 0.15) is 26.3 Å². The van der Waals surface area contributed by atoms with Crippen molar-refractivity contribution in [1.82, 2.24) is 15.5 Å². The smallest absolute Gasteiger partial charge is 0.248 e. The van der Waals surface area contributed by atoms with Gasteiger partial charge in [-0.3, -0.25) is 14.9 Å². The predicted octanol–water partition coefficient (Wildman–Crippen LogP) is 3.22. The molecule has 0 spiro atoms. The van der Waals surface area contributed by atoms with Crippen molar-refractivity contribution in [1.29, 1.82) is 0 Å². The van der Waals surface area contributed by atoms with E-state index >= 15 is 0 Å². The lowest BCUT2D eigenvalue weighted by Crippen LogP contribution is -2.47. The molecule has 0 aliphatic heterocycles. The molecule has 1 heterocycles. The molecule has 2 rings (SSSR count). The second kappa shape index (κ2) is 7.93. The van der Waals surface area contributed by atoms with Crippen molar-refractivity contribution in [3.05, 3.63) is 29.8 Å². The molecule has 25 heavy (non-hydrogen) atoms. The van der Waals surface area contributed by atoms with Gasteiger partial charge in [-0.15, -0.1) is 21.8 Å². The number of hydrogen-bond donors (Lipinski definition) is 2. The molecule has 1 unspecified atom stereocenters. The lowest BCUT2D eigenvalue weighted by Gasteiger charge is -2.23. The first-order valence-corrected chi connectivity index (χ1v) is 9.16. The molecule has 2 amide bonds. The fourth-order valence-electron chi connectivity index (χ4n) is 1.82. The van der Waals surface area contributed by atoms with Gasteiger partial charge in [-0.2, -0.15) is 0 Å². The highest BCUT2D eigenvalue weighted by atomic mass is 35.5. The third-order valence-electron chi connectivity index (χ3n) is 3.64. The summed E-state index contributed by atoms with van der Waals surface area (Å²) in [5.74, 6) is -0.461. The first-order valence-electron chi connectivity index (χ1n) is 7.81. The number of nitrogens with zero attached hydrogens (tertiary/aromatic N) is 2. The molecule has 2 N–H and O–H groups in total. The average molecular weight is 381 g/mol. The molecule has 6 nitrogen and oxygen atoms in total. The second-order valence-corrected chi connectivity index (χ2v) is 7.73. The Hall–Kier alpha value is -1.99. The third-order valence-corrected chi connectivity index (χ3v) is 5.20. The molecule has 0 fully saturated rings. The second-order valence-electron chi connectivity index (χ2n) is 6.48. The fourth-order valence-corrected chi connectivity index (χ4v) is 2.69. The standard InChI is InChI=1S/C17H21ClN4O2S/c1-10-5-7-12(8-6-10)14-21-22-16(25-14)20-13(23)11(2)19-15(24)17(3,4)9-18/h5-8,11H,9H2,1-4H3,(H,19,24)(H,20,22,23). The lowest BCUT2D eigenvalue weighted by molar-refractivity contribution is -0.131. The minimum absolute atomic E-state index is 0.170. The number of benzene rings is 1. The molecular formula is C17H21ClN4O2S. The van der Waals surface area contributed by atoms with E-state index in [0.717, 1.165) is 16.1 Å². The van der Waals surface area contributed by atoms with E-state index in [0.29, 0.717) is 5.13 Å².